The third-order valence-electron chi connectivity index (χ3n) is 2.87. The number of hydrogen-bond donors (Lipinski definition) is 0. The van der Waals surface area contributed by atoms with Gasteiger partial charge in [-0.15, -0.1) is 6.58 Å². The molecule has 0 aliphatic heterocycles. The zero-order valence-corrected chi connectivity index (χ0v) is 9.74. The van der Waals surface area contributed by atoms with Crippen LogP contribution < -0.4 is 0 Å². The van der Waals surface area contributed by atoms with Gasteiger partial charge in [0.1, 0.15) is 0 Å². The maximum atomic E-state index is 11.6. The maximum Gasteiger partial charge on any atom is 0.335 e. The fraction of sp³-hybridized carbons (Fsp3) is 0.615. The van der Waals surface area contributed by atoms with Crippen LogP contribution in [0.3, 0.4) is 0 Å². The molecule has 0 aromatic heterocycles. The summed E-state index contributed by atoms with van der Waals surface area (Å²) in [4.78, 5) is 11.6. The molecular formula is C13H20O3. The zero-order chi connectivity index (χ0) is 11.8. The van der Waals surface area contributed by atoms with Gasteiger partial charge < -0.3 is 9.47 Å². The van der Waals surface area contributed by atoms with Crippen molar-refractivity contribution >= 4 is 5.97 Å². The fourth-order valence-electron chi connectivity index (χ4n) is 1.94. The van der Waals surface area contributed by atoms with Gasteiger partial charge in [-0.1, -0.05) is 31.9 Å². The second-order valence-corrected chi connectivity index (χ2v) is 4.07. The highest BCUT2D eigenvalue weighted by Crippen LogP contribution is 2.29. The summed E-state index contributed by atoms with van der Waals surface area (Å²) in [5.41, 5.74) is 0.599. The Morgan fingerprint density at radius 1 is 1.31 bits per heavy atom. The van der Waals surface area contributed by atoms with E-state index in [1.807, 2.05) is 0 Å². The highest BCUT2D eigenvalue weighted by atomic mass is 16.7. The number of hydrogen-bond acceptors (Lipinski definition) is 3. The first kappa shape index (κ1) is 13.0. The number of esters is 1. The van der Waals surface area contributed by atoms with Crippen molar-refractivity contribution in [3.8, 4) is 0 Å². The van der Waals surface area contributed by atoms with Crippen LogP contribution in [0.25, 0.3) is 0 Å². The van der Waals surface area contributed by atoms with Crippen LogP contribution in [0.2, 0.25) is 0 Å². The van der Waals surface area contributed by atoms with E-state index in [0.717, 1.165) is 12.8 Å². The standard InChI is InChI=1S/C13H20O3/c1-3-9-15-10-16-13(14)11(2)12-7-5-4-6-8-12/h3,12H,1-2,4-10H2. The summed E-state index contributed by atoms with van der Waals surface area (Å²) in [6.45, 7) is 7.70. The van der Waals surface area contributed by atoms with Gasteiger partial charge in [-0.25, -0.2) is 4.79 Å². The molecule has 0 aromatic carbocycles. The molecule has 0 heterocycles. The minimum absolute atomic E-state index is 0.0173. The lowest BCUT2D eigenvalue weighted by Gasteiger charge is -2.22. The molecule has 0 amide bonds. The molecule has 90 valence electrons. The second-order valence-electron chi connectivity index (χ2n) is 4.07. The lowest BCUT2D eigenvalue weighted by molar-refractivity contribution is -0.151. The van der Waals surface area contributed by atoms with Gasteiger partial charge in [0.2, 0.25) is 0 Å². The Labute approximate surface area is 97.1 Å². The van der Waals surface area contributed by atoms with Crippen LogP contribution in [0.15, 0.2) is 24.8 Å². The summed E-state index contributed by atoms with van der Waals surface area (Å²) in [7, 11) is 0. The second kappa shape index (κ2) is 7.23. The van der Waals surface area contributed by atoms with Gasteiger partial charge in [-0.3, -0.25) is 0 Å². The van der Waals surface area contributed by atoms with E-state index in [1.54, 1.807) is 6.08 Å². The monoisotopic (exact) mass is 224 g/mol. The Hall–Kier alpha value is -1.09. The number of rotatable bonds is 6. The minimum Gasteiger partial charge on any atom is -0.435 e. The van der Waals surface area contributed by atoms with E-state index in [-0.39, 0.29) is 12.8 Å². The van der Waals surface area contributed by atoms with E-state index in [0.29, 0.717) is 18.1 Å². The molecule has 1 fully saturated rings. The molecule has 16 heavy (non-hydrogen) atoms. The smallest absolute Gasteiger partial charge is 0.335 e. The maximum absolute atomic E-state index is 11.6. The molecule has 1 aliphatic rings. The van der Waals surface area contributed by atoms with Crippen molar-refractivity contribution in [2.75, 3.05) is 13.4 Å². The van der Waals surface area contributed by atoms with Crippen LogP contribution in [0, 0.1) is 5.92 Å². The van der Waals surface area contributed by atoms with E-state index in [4.69, 9.17) is 9.47 Å². The van der Waals surface area contributed by atoms with Gasteiger partial charge >= 0.3 is 5.97 Å². The molecule has 1 rings (SSSR count). The largest absolute Gasteiger partial charge is 0.435 e. The Kier molecular flexibility index (Phi) is 5.86. The van der Waals surface area contributed by atoms with Crippen molar-refractivity contribution in [2.24, 2.45) is 5.92 Å². The molecule has 0 saturated heterocycles. The molecule has 0 N–H and O–H groups in total. The van der Waals surface area contributed by atoms with E-state index in [9.17, 15) is 4.79 Å². The normalized spacial score (nSPS) is 16.8. The van der Waals surface area contributed by atoms with Crippen molar-refractivity contribution in [1.29, 1.82) is 0 Å². The lowest BCUT2D eigenvalue weighted by Crippen LogP contribution is -2.18. The quantitative estimate of drug-likeness (QED) is 0.229. The summed E-state index contributed by atoms with van der Waals surface area (Å²) in [5.74, 6) is -0.0170. The highest BCUT2D eigenvalue weighted by Gasteiger charge is 2.22. The number of carbonyl (C=O) groups is 1. The van der Waals surface area contributed by atoms with Crippen LogP contribution in [-0.2, 0) is 14.3 Å². The SMILES string of the molecule is C=CCOCOC(=O)C(=C)C1CCCCC1. The average molecular weight is 224 g/mol. The molecule has 1 aliphatic carbocycles. The molecule has 1 saturated carbocycles. The molecule has 3 nitrogen and oxygen atoms in total. The lowest BCUT2D eigenvalue weighted by atomic mass is 9.84. The van der Waals surface area contributed by atoms with E-state index in [1.165, 1.54) is 19.3 Å². The van der Waals surface area contributed by atoms with Crippen molar-refractivity contribution in [2.45, 2.75) is 32.1 Å². The summed E-state index contributed by atoms with van der Waals surface area (Å²) >= 11 is 0. The molecule has 0 bridgehead atoms. The van der Waals surface area contributed by atoms with Crippen molar-refractivity contribution in [3.05, 3.63) is 24.8 Å². The molecule has 0 radical (unpaired) electrons. The van der Waals surface area contributed by atoms with Crippen LogP contribution in [0.1, 0.15) is 32.1 Å². The van der Waals surface area contributed by atoms with Crippen molar-refractivity contribution in [3.63, 3.8) is 0 Å². The van der Waals surface area contributed by atoms with Crippen LogP contribution in [0.5, 0.6) is 0 Å². The first-order chi connectivity index (χ1) is 7.75. The van der Waals surface area contributed by atoms with Gasteiger partial charge in [-0.05, 0) is 18.8 Å². The molecule has 0 atom stereocenters. The average Bonchev–Trinajstić information content (AvgIpc) is 2.34. The third-order valence-corrected chi connectivity index (χ3v) is 2.87. The highest BCUT2D eigenvalue weighted by molar-refractivity contribution is 5.88. The summed E-state index contributed by atoms with van der Waals surface area (Å²) < 4.78 is 9.94. The van der Waals surface area contributed by atoms with E-state index in [2.05, 4.69) is 13.2 Å². The molecule has 0 spiro atoms. The predicted octanol–water partition coefficient (Wildman–Crippen LogP) is 2.83. The van der Waals surface area contributed by atoms with Crippen LogP contribution in [-0.4, -0.2) is 19.4 Å². The van der Waals surface area contributed by atoms with Crippen molar-refractivity contribution < 1.29 is 14.3 Å². The van der Waals surface area contributed by atoms with Gasteiger partial charge in [0.05, 0.1) is 6.61 Å². The Morgan fingerprint density at radius 2 is 2.00 bits per heavy atom. The van der Waals surface area contributed by atoms with Gasteiger partial charge in [0.25, 0.3) is 0 Å². The van der Waals surface area contributed by atoms with Crippen LogP contribution >= 0.6 is 0 Å². The summed E-state index contributed by atoms with van der Waals surface area (Å²) in [5, 5.41) is 0. The topological polar surface area (TPSA) is 35.5 Å². The Bertz CT molecular complexity index is 252. The van der Waals surface area contributed by atoms with Crippen molar-refractivity contribution in [1.82, 2.24) is 0 Å². The zero-order valence-electron chi connectivity index (χ0n) is 9.74. The van der Waals surface area contributed by atoms with E-state index < -0.39 is 0 Å². The fourth-order valence-corrected chi connectivity index (χ4v) is 1.94. The Morgan fingerprint density at radius 3 is 2.62 bits per heavy atom. The first-order valence-corrected chi connectivity index (χ1v) is 5.80. The summed E-state index contributed by atoms with van der Waals surface area (Å²) in [6.07, 6.45) is 7.36. The number of ether oxygens (including phenoxy) is 2. The van der Waals surface area contributed by atoms with Gasteiger partial charge in [-0.2, -0.15) is 0 Å². The van der Waals surface area contributed by atoms with Gasteiger partial charge in [0, 0.05) is 5.57 Å². The van der Waals surface area contributed by atoms with Crippen LogP contribution in [0.4, 0.5) is 0 Å². The molecule has 0 aromatic rings. The molecule has 0 unspecified atom stereocenters. The van der Waals surface area contributed by atoms with Gasteiger partial charge in [0.15, 0.2) is 6.79 Å². The molecule has 3 heteroatoms. The predicted molar refractivity (Wildman–Crippen MR) is 62.8 cm³/mol. The summed E-state index contributed by atoms with van der Waals surface area (Å²) in [6, 6.07) is 0. The molecular weight excluding hydrogens is 204 g/mol. The number of carbonyl (C=O) groups excluding carboxylic acids is 1. The first-order valence-electron chi connectivity index (χ1n) is 5.80. The Balaban J connectivity index is 2.23. The van der Waals surface area contributed by atoms with E-state index >= 15 is 0 Å². The third kappa shape index (κ3) is 4.19. The minimum atomic E-state index is -0.323.